The van der Waals surface area contributed by atoms with E-state index >= 15 is 0 Å². The van der Waals surface area contributed by atoms with Gasteiger partial charge in [0, 0.05) is 31.5 Å². The van der Waals surface area contributed by atoms with Gasteiger partial charge in [0.1, 0.15) is 28.3 Å². The number of nitrogens with one attached hydrogen (secondary N) is 5. The molecule has 1 saturated heterocycles. The lowest BCUT2D eigenvalue weighted by molar-refractivity contribution is -0.783. The summed E-state index contributed by atoms with van der Waals surface area (Å²) >= 11 is 2.56. The van der Waals surface area contributed by atoms with Gasteiger partial charge in [-0.2, -0.15) is 15.5 Å². The second-order valence-electron chi connectivity index (χ2n) is 19.7. The first kappa shape index (κ1) is 58.9. The van der Waals surface area contributed by atoms with Crippen LogP contribution in [0.2, 0.25) is 0 Å². The summed E-state index contributed by atoms with van der Waals surface area (Å²) in [7, 11) is 0. The van der Waals surface area contributed by atoms with E-state index in [1.54, 1.807) is 16.8 Å². The van der Waals surface area contributed by atoms with Crippen LogP contribution < -0.4 is 31.3 Å². The van der Waals surface area contributed by atoms with Crippen molar-refractivity contribution in [2.75, 3.05) is 47.6 Å². The second kappa shape index (κ2) is 29.8. The molecule has 24 heteroatoms. The van der Waals surface area contributed by atoms with Crippen molar-refractivity contribution in [1.29, 1.82) is 0 Å². The molecule has 1 fully saturated rings. The summed E-state index contributed by atoms with van der Waals surface area (Å²) in [4.78, 5) is 66.7. The summed E-state index contributed by atoms with van der Waals surface area (Å²) in [5.74, 6) is -2.39. The zero-order valence-corrected chi connectivity index (χ0v) is 46.9. The van der Waals surface area contributed by atoms with Crippen molar-refractivity contribution < 1.29 is 42.2 Å². The molecule has 20 nitrogen and oxygen atoms in total. The van der Waals surface area contributed by atoms with Crippen LogP contribution in [0.3, 0.4) is 0 Å². The van der Waals surface area contributed by atoms with E-state index in [9.17, 15) is 32.8 Å². The maximum Gasteiger partial charge on any atom is 0.365 e. The minimum absolute atomic E-state index is 0.0210. The van der Waals surface area contributed by atoms with Crippen molar-refractivity contribution in [2.24, 2.45) is 0 Å². The van der Waals surface area contributed by atoms with E-state index in [0.717, 1.165) is 70.0 Å². The van der Waals surface area contributed by atoms with Crippen LogP contribution >= 0.6 is 22.7 Å². The highest BCUT2D eigenvalue weighted by molar-refractivity contribution is 7.15. The number of morpholine rings is 1. The summed E-state index contributed by atoms with van der Waals surface area (Å²) in [5.41, 5.74) is 4.61. The molecule has 428 valence electrons. The fourth-order valence-electron chi connectivity index (χ4n) is 8.98. The molecule has 9 rings (SSSR count). The van der Waals surface area contributed by atoms with Crippen LogP contribution in [0.25, 0.3) is 0 Å². The smallest absolute Gasteiger partial charge is 0.365 e. The van der Waals surface area contributed by atoms with Gasteiger partial charge in [0.05, 0.1) is 50.2 Å². The lowest BCUT2D eigenvalue weighted by Gasteiger charge is -2.31. The minimum Gasteiger partial charge on any atom is -0.374 e. The molecule has 5 heterocycles. The van der Waals surface area contributed by atoms with Crippen molar-refractivity contribution in [1.82, 2.24) is 45.9 Å². The third-order valence-electron chi connectivity index (χ3n) is 13.3. The van der Waals surface area contributed by atoms with Crippen LogP contribution in [0.4, 0.5) is 30.7 Å². The molecular formula is C59H61F2N14O6S2+. The number of aromatic nitrogens is 8. The Morgan fingerprint density at radius 1 is 0.530 bits per heavy atom. The predicted octanol–water partition coefficient (Wildman–Crippen LogP) is 7.14. The minimum atomic E-state index is -0.831. The Morgan fingerprint density at radius 2 is 1.07 bits per heavy atom. The Morgan fingerprint density at radius 3 is 1.66 bits per heavy atom. The summed E-state index contributed by atoms with van der Waals surface area (Å²) in [5, 5.41) is 46.6. The van der Waals surface area contributed by atoms with E-state index in [0.29, 0.717) is 72.2 Å². The van der Waals surface area contributed by atoms with Crippen LogP contribution in [-0.4, -0.2) is 96.4 Å². The van der Waals surface area contributed by atoms with Crippen LogP contribution in [0.5, 0.6) is 0 Å². The number of unbranched alkanes of at least 4 members (excludes halogenated alkanes) is 2. The SMILES string of the molecule is O=C(CN1CCOCC1[n+]1nc(CCCCc2ccc(NC(=O)Cc3ccccc3)nn2)sc1NC(=O)Cc1c(F)cccc1F)NCc1ccc(CC(=O)Nc2nnc(CCCCc3ccc(NC(=O)Cc4ccccc4)nn3)s2)cc1. The first-order valence-electron chi connectivity index (χ1n) is 27.2. The lowest BCUT2D eigenvalue weighted by Crippen LogP contribution is -2.59. The van der Waals surface area contributed by atoms with Crippen LogP contribution in [0.1, 0.15) is 81.1 Å². The van der Waals surface area contributed by atoms with Gasteiger partial charge in [0.25, 0.3) is 0 Å². The van der Waals surface area contributed by atoms with E-state index < -0.39 is 30.1 Å². The number of hydrogen-bond donors (Lipinski definition) is 5. The topological polar surface area (TPSA) is 252 Å². The van der Waals surface area contributed by atoms with E-state index in [-0.39, 0.29) is 68.2 Å². The molecule has 4 aromatic heterocycles. The number of anilines is 4. The fraction of sp³-hybridized carbons (Fsp3) is 0.305. The maximum absolute atomic E-state index is 14.6. The molecule has 5 N–H and O–H groups in total. The van der Waals surface area contributed by atoms with Crippen molar-refractivity contribution in [3.05, 3.63) is 188 Å². The third-order valence-corrected chi connectivity index (χ3v) is 15.2. The monoisotopic (exact) mass is 1160 g/mol. The lowest BCUT2D eigenvalue weighted by atomic mass is 10.1. The number of aryl methyl sites for hydroxylation is 4. The van der Waals surface area contributed by atoms with Gasteiger partial charge in [-0.3, -0.25) is 19.2 Å². The first-order valence-corrected chi connectivity index (χ1v) is 28.8. The normalized spacial score (nSPS) is 13.3. The average Bonchev–Trinajstić information content (AvgIpc) is 4.35. The zero-order valence-electron chi connectivity index (χ0n) is 45.3. The molecule has 1 aliphatic heterocycles. The van der Waals surface area contributed by atoms with E-state index in [1.165, 1.54) is 28.7 Å². The summed E-state index contributed by atoms with van der Waals surface area (Å²) in [6, 6.07) is 36.9. The Kier molecular flexibility index (Phi) is 21.2. The Balaban J connectivity index is 0.717. The molecule has 0 spiro atoms. The Hall–Kier alpha value is -8.71. The number of amides is 5. The van der Waals surface area contributed by atoms with E-state index in [2.05, 4.69) is 57.2 Å². The van der Waals surface area contributed by atoms with E-state index in [4.69, 9.17) is 9.84 Å². The largest absolute Gasteiger partial charge is 0.374 e. The number of benzene rings is 4. The van der Waals surface area contributed by atoms with Crippen molar-refractivity contribution in [2.45, 2.75) is 89.8 Å². The maximum atomic E-state index is 14.6. The zero-order chi connectivity index (χ0) is 57.8. The molecule has 1 unspecified atom stereocenters. The molecule has 0 saturated carbocycles. The van der Waals surface area contributed by atoms with Gasteiger partial charge >= 0.3 is 11.0 Å². The molecule has 0 aliphatic carbocycles. The van der Waals surface area contributed by atoms with Gasteiger partial charge in [-0.05, 0) is 109 Å². The highest BCUT2D eigenvalue weighted by Crippen LogP contribution is 2.24. The molecule has 8 aromatic rings. The molecular weight excluding hydrogens is 1100 g/mol. The standard InChI is InChI=1S/C59H60F2N14O6S2/c60-46-18-11-19-47(61)45(46)35-53(79)66-59-75(73-56(83-59)21-10-8-17-44-27-29-49(70-68-44)64-51(77)33-40-14-5-2-6-15-40)57-38-81-31-30-74(57)37-54(80)62-36-42-24-22-41(23-25-42)34-52(78)65-58-72-71-55(82-58)20-9-7-16-43-26-28-48(69-67-43)63-50(76)32-39-12-3-1-4-13-39/h1-6,11-15,18-19,22-29,57H,7-10,16-17,20-21,30-38H2,(H4,62,63,64,65,69,70,72,76,77,78,80)/p+1. The van der Waals surface area contributed by atoms with Crippen LogP contribution in [0, 0.1) is 11.6 Å². The molecule has 0 bridgehead atoms. The average molecular weight is 1160 g/mol. The molecule has 4 aromatic carbocycles. The number of hydrogen-bond acceptors (Lipinski definition) is 16. The number of rotatable bonds is 27. The van der Waals surface area contributed by atoms with Crippen LogP contribution in [-0.2, 0) is 86.6 Å². The van der Waals surface area contributed by atoms with Gasteiger partial charge in [0.2, 0.25) is 34.9 Å². The van der Waals surface area contributed by atoms with Crippen molar-refractivity contribution in [3.8, 4) is 0 Å². The predicted molar refractivity (Wildman–Crippen MR) is 308 cm³/mol. The highest BCUT2D eigenvalue weighted by atomic mass is 32.1. The van der Waals surface area contributed by atoms with Gasteiger partial charge < -0.3 is 26.0 Å². The van der Waals surface area contributed by atoms with Crippen molar-refractivity contribution in [3.63, 3.8) is 0 Å². The third kappa shape index (κ3) is 18.4. The Bertz CT molecular complexity index is 3430. The second-order valence-corrected chi connectivity index (χ2v) is 21.8. The summed E-state index contributed by atoms with van der Waals surface area (Å²) < 4.78 is 36.7. The Labute approximate surface area is 485 Å². The van der Waals surface area contributed by atoms with Gasteiger partial charge in [0.15, 0.2) is 11.6 Å². The molecule has 1 atom stereocenters. The number of ether oxygens (including phenoxy) is 1. The number of halogens is 2. The van der Waals surface area contributed by atoms with E-state index in [1.807, 2.05) is 102 Å². The quantitative estimate of drug-likeness (QED) is 0.0254. The highest BCUT2D eigenvalue weighted by Gasteiger charge is 2.36. The summed E-state index contributed by atoms with van der Waals surface area (Å²) in [6.45, 7) is 1.09. The number of carbonyl (C=O) groups is 5. The number of carbonyl (C=O) groups excluding carboxylic acids is 5. The molecule has 5 amide bonds. The van der Waals surface area contributed by atoms with Crippen LogP contribution in [0.15, 0.2) is 127 Å². The first-order chi connectivity index (χ1) is 40.4. The van der Waals surface area contributed by atoms with Gasteiger partial charge in [-0.15, -0.1) is 25.1 Å². The van der Waals surface area contributed by atoms with Gasteiger partial charge in [-0.1, -0.05) is 107 Å². The molecule has 83 heavy (non-hydrogen) atoms. The number of nitrogens with zero attached hydrogens (tertiary/aromatic N) is 9. The summed E-state index contributed by atoms with van der Waals surface area (Å²) in [6.07, 6.45) is 5.07. The van der Waals surface area contributed by atoms with Gasteiger partial charge in [-0.25, -0.2) is 18.5 Å². The fourth-order valence-corrected chi connectivity index (χ4v) is 10.8. The molecule has 0 radical (unpaired) electrons. The molecule has 1 aliphatic rings. The van der Waals surface area contributed by atoms with Crippen molar-refractivity contribution >= 4 is 74.1 Å².